The minimum Gasteiger partial charge on any atom is -0.215 e. The van der Waals surface area contributed by atoms with Crippen molar-refractivity contribution in [2.45, 2.75) is 51.9 Å². The van der Waals surface area contributed by atoms with Gasteiger partial charge in [-0.3, -0.25) is 0 Å². The summed E-state index contributed by atoms with van der Waals surface area (Å²) < 4.78 is 1.79. The van der Waals surface area contributed by atoms with Gasteiger partial charge in [0.2, 0.25) is 0 Å². The smallest absolute Gasteiger partial charge is 0.215 e. The molecule has 1 aliphatic carbocycles. The molecule has 0 aliphatic heterocycles. The lowest BCUT2D eigenvalue weighted by atomic mass is 9.86. The van der Waals surface area contributed by atoms with Crippen LogP contribution in [-0.2, 0) is 0 Å². The van der Waals surface area contributed by atoms with Crippen LogP contribution in [0.25, 0.3) is 5.78 Å². The zero-order chi connectivity index (χ0) is 11.8. The molecule has 0 saturated heterocycles. The first-order valence-corrected chi connectivity index (χ1v) is 6.44. The zero-order valence-corrected chi connectivity index (χ0v) is 10.5. The molecule has 0 aromatic carbocycles. The Morgan fingerprint density at radius 3 is 2.65 bits per heavy atom. The molecule has 1 fully saturated rings. The van der Waals surface area contributed by atoms with E-state index in [-0.39, 0.29) is 0 Å². The van der Waals surface area contributed by atoms with Crippen LogP contribution in [0.15, 0.2) is 6.20 Å². The number of nitrogens with zero attached hydrogens (tertiary/aromatic N) is 4. The second-order valence-corrected chi connectivity index (χ2v) is 5.04. The Morgan fingerprint density at radius 1 is 1.12 bits per heavy atom. The Kier molecular flexibility index (Phi) is 2.57. The average molecular weight is 230 g/mol. The largest absolute Gasteiger partial charge is 0.251 e. The Morgan fingerprint density at radius 2 is 1.88 bits per heavy atom. The predicted octanol–water partition coefficient (Wildman–Crippen LogP) is 2.79. The van der Waals surface area contributed by atoms with E-state index in [2.05, 4.69) is 17.0 Å². The first-order valence-electron chi connectivity index (χ1n) is 6.44. The molecule has 0 spiro atoms. The van der Waals surface area contributed by atoms with Gasteiger partial charge < -0.3 is 0 Å². The van der Waals surface area contributed by atoms with Gasteiger partial charge in [-0.1, -0.05) is 19.3 Å². The summed E-state index contributed by atoms with van der Waals surface area (Å²) in [5.74, 6) is 1.34. The van der Waals surface area contributed by atoms with Crippen molar-refractivity contribution in [3.63, 3.8) is 0 Å². The number of aromatic nitrogens is 4. The van der Waals surface area contributed by atoms with E-state index in [0.29, 0.717) is 5.92 Å². The van der Waals surface area contributed by atoms with Gasteiger partial charge in [-0.25, -0.2) is 14.5 Å². The maximum absolute atomic E-state index is 4.71. The van der Waals surface area contributed by atoms with Crippen molar-refractivity contribution in [3.8, 4) is 0 Å². The van der Waals surface area contributed by atoms with Crippen LogP contribution in [0.3, 0.4) is 0 Å². The molecule has 0 unspecified atom stereocenters. The molecular weight excluding hydrogens is 212 g/mol. The molecule has 3 rings (SSSR count). The van der Waals surface area contributed by atoms with E-state index in [1.807, 2.05) is 13.1 Å². The first kappa shape index (κ1) is 10.7. The molecule has 17 heavy (non-hydrogen) atoms. The lowest BCUT2D eigenvalue weighted by Gasteiger charge is -2.21. The number of rotatable bonds is 1. The molecule has 1 aliphatic rings. The van der Waals surface area contributed by atoms with E-state index in [0.717, 1.165) is 17.2 Å². The molecule has 0 N–H and O–H groups in total. The molecule has 0 atom stereocenters. The summed E-state index contributed by atoms with van der Waals surface area (Å²) in [5.41, 5.74) is 3.20. The maximum Gasteiger partial charge on any atom is 0.251 e. The van der Waals surface area contributed by atoms with Crippen molar-refractivity contribution >= 4 is 5.78 Å². The Labute approximate surface area is 101 Å². The SMILES string of the molecule is Cc1cn2nc(C)c(C3CCCCC3)nc2n1. The molecule has 0 radical (unpaired) electrons. The molecule has 0 bridgehead atoms. The second kappa shape index (κ2) is 4.09. The number of aryl methyl sites for hydroxylation is 2. The van der Waals surface area contributed by atoms with E-state index in [9.17, 15) is 0 Å². The fraction of sp³-hybridized carbons (Fsp3) is 0.615. The fourth-order valence-electron chi connectivity index (χ4n) is 2.79. The lowest BCUT2D eigenvalue weighted by Crippen LogP contribution is -2.11. The van der Waals surface area contributed by atoms with Crippen LogP contribution in [0.4, 0.5) is 0 Å². The highest BCUT2D eigenvalue weighted by Gasteiger charge is 2.20. The quantitative estimate of drug-likeness (QED) is 0.756. The van der Waals surface area contributed by atoms with Crippen LogP contribution < -0.4 is 0 Å². The van der Waals surface area contributed by atoms with Crippen molar-refractivity contribution in [1.82, 2.24) is 19.6 Å². The number of hydrogen-bond acceptors (Lipinski definition) is 3. The fourth-order valence-corrected chi connectivity index (χ4v) is 2.79. The van der Waals surface area contributed by atoms with Gasteiger partial charge in [0.15, 0.2) is 0 Å². The van der Waals surface area contributed by atoms with Crippen molar-refractivity contribution in [3.05, 3.63) is 23.3 Å². The highest BCUT2D eigenvalue weighted by Crippen LogP contribution is 2.32. The molecule has 90 valence electrons. The van der Waals surface area contributed by atoms with Crippen molar-refractivity contribution in [2.24, 2.45) is 0 Å². The maximum atomic E-state index is 4.71. The Bertz CT molecular complexity index is 538. The zero-order valence-electron chi connectivity index (χ0n) is 10.5. The lowest BCUT2D eigenvalue weighted by molar-refractivity contribution is 0.433. The van der Waals surface area contributed by atoms with Gasteiger partial charge in [-0.15, -0.1) is 0 Å². The summed E-state index contributed by atoms with van der Waals surface area (Å²) in [6.45, 7) is 4.04. The second-order valence-electron chi connectivity index (χ2n) is 5.04. The molecule has 2 aromatic heterocycles. The van der Waals surface area contributed by atoms with Gasteiger partial charge in [-0.2, -0.15) is 5.10 Å². The van der Waals surface area contributed by atoms with Crippen LogP contribution in [0.5, 0.6) is 0 Å². The molecule has 2 aromatic rings. The van der Waals surface area contributed by atoms with E-state index < -0.39 is 0 Å². The standard InChI is InChI=1S/C13H18N4/c1-9-8-17-13(14-9)15-12(10(2)16-17)11-6-4-3-5-7-11/h8,11H,3-7H2,1-2H3. The van der Waals surface area contributed by atoms with E-state index in [1.54, 1.807) is 4.52 Å². The third-order valence-electron chi connectivity index (χ3n) is 3.63. The van der Waals surface area contributed by atoms with E-state index in [4.69, 9.17) is 4.98 Å². The van der Waals surface area contributed by atoms with Gasteiger partial charge >= 0.3 is 0 Å². The summed E-state index contributed by atoms with van der Waals surface area (Å²) in [4.78, 5) is 9.11. The molecule has 4 nitrogen and oxygen atoms in total. The van der Waals surface area contributed by atoms with Gasteiger partial charge in [-0.05, 0) is 26.7 Å². The summed E-state index contributed by atoms with van der Waals surface area (Å²) >= 11 is 0. The van der Waals surface area contributed by atoms with Crippen LogP contribution in [0, 0.1) is 13.8 Å². The highest BCUT2D eigenvalue weighted by atomic mass is 15.3. The minimum absolute atomic E-state index is 0.596. The topological polar surface area (TPSA) is 43.1 Å². The van der Waals surface area contributed by atoms with E-state index >= 15 is 0 Å². The monoisotopic (exact) mass is 230 g/mol. The molecule has 4 heteroatoms. The van der Waals surface area contributed by atoms with Gasteiger partial charge in [0.25, 0.3) is 5.78 Å². The first-order chi connectivity index (χ1) is 8.24. The van der Waals surface area contributed by atoms with Crippen molar-refractivity contribution in [1.29, 1.82) is 0 Å². The van der Waals surface area contributed by atoms with Crippen LogP contribution in [0.2, 0.25) is 0 Å². The van der Waals surface area contributed by atoms with Gasteiger partial charge in [0.1, 0.15) is 0 Å². The predicted molar refractivity (Wildman–Crippen MR) is 66.1 cm³/mol. The summed E-state index contributed by atoms with van der Waals surface area (Å²) in [6.07, 6.45) is 8.46. The molecular formula is C13H18N4. The summed E-state index contributed by atoms with van der Waals surface area (Å²) in [5, 5.41) is 4.56. The average Bonchev–Trinajstić information content (AvgIpc) is 2.68. The van der Waals surface area contributed by atoms with E-state index in [1.165, 1.54) is 37.8 Å². The van der Waals surface area contributed by atoms with Crippen LogP contribution in [0.1, 0.15) is 55.1 Å². The highest BCUT2D eigenvalue weighted by molar-refractivity contribution is 5.32. The number of hydrogen-bond donors (Lipinski definition) is 0. The third kappa shape index (κ3) is 1.92. The van der Waals surface area contributed by atoms with Crippen LogP contribution >= 0.6 is 0 Å². The summed E-state index contributed by atoms with van der Waals surface area (Å²) in [6, 6.07) is 0. The van der Waals surface area contributed by atoms with Crippen molar-refractivity contribution < 1.29 is 0 Å². The molecule has 2 heterocycles. The Balaban J connectivity index is 2.05. The van der Waals surface area contributed by atoms with Gasteiger partial charge in [0, 0.05) is 5.92 Å². The van der Waals surface area contributed by atoms with Crippen molar-refractivity contribution in [2.75, 3.05) is 0 Å². The van der Waals surface area contributed by atoms with Gasteiger partial charge in [0.05, 0.1) is 23.3 Å². The molecule has 0 amide bonds. The minimum atomic E-state index is 0.596. The number of imidazole rings is 1. The number of fused-ring (bicyclic) bond motifs is 1. The normalized spacial score (nSPS) is 17.8. The Hall–Kier alpha value is -1.45. The third-order valence-corrected chi connectivity index (χ3v) is 3.63. The van der Waals surface area contributed by atoms with Crippen LogP contribution in [-0.4, -0.2) is 19.6 Å². The summed E-state index contributed by atoms with van der Waals surface area (Å²) in [7, 11) is 0. The molecule has 1 saturated carbocycles.